The number of nitrogens with one attached hydrogen (secondary N) is 1. The van der Waals surface area contributed by atoms with E-state index in [0.717, 1.165) is 18.4 Å². The predicted octanol–water partition coefficient (Wildman–Crippen LogP) is 1.18. The van der Waals surface area contributed by atoms with Crippen LogP contribution in [0.2, 0.25) is 0 Å². The Balaban J connectivity index is 1.96. The van der Waals surface area contributed by atoms with Gasteiger partial charge < -0.3 is 19.9 Å². The van der Waals surface area contributed by atoms with Crippen molar-refractivity contribution >= 4 is 17.7 Å². The molecule has 0 aromatic heterocycles. The summed E-state index contributed by atoms with van der Waals surface area (Å²) in [7, 11) is 0. The lowest BCUT2D eigenvalue weighted by Gasteiger charge is -2.30. The third kappa shape index (κ3) is 7.38. The van der Waals surface area contributed by atoms with Crippen LogP contribution in [0.4, 0.5) is 0 Å². The Morgan fingerprint density at radius 1 is 1.15 bits per heavy atom. The summed E-state index contributed by atoms with van der Waals surface area (Å²) in [6, 6.07) is 9.53. The zero-order valence-electron chi connectivity index (χ0n) is 16.0. The summed E-state index contributed by atoms with van der Waals surface area (Å²) in [5.41, 5.74) is 0.943. The summed E-state index contributed by atoms with van der Waals surface area (Å²) in [4.78, 5) is 40.2. The van der Waals surface area contributed by atoms with Gasteiger partial charge in [-0.2, -0.15) is 0 Å². The number of unbranched alkanes of at least 4 members (excludes halogenated alkanes) is 1. The van der Waals surface area contributed by atoms with Crippen molar-refractivity contribution in [2.45, 2.75) is 32.7 Å². The van der Waals surface area contributed by atoms with Gasteiger partial charge in [0, 0.05) is 26.1 Å². The molecule has 1 N–H and O–H groups in total. The van der Waals surface area contributed by atoms with Crippen molar-refractivity contribution in [3.63, 3.8) is 0 Å². The molecule has 0 atom stereocenters. The van der Waals surface area contributed by atoms with E-state index in [1.807, 2.05) is 37.3 Å². The minimum Gasteiger partial charge on any atom is -0.378 e. The SMILES string of the molecule is CCCCC(=O)NCC(=O)N(CC(=O)N1CCOCC1)Cc1ccccc1. The molecule has 3 amide bonds. The Morgan fingerprint density at radius 2 is 1.85 bits per heavy atom. The number of nitrogens with zero attached hydrogens (tertiary/aromatic N) is 2. The molecule has 1 saturated heterocycles. The molecule has 0 saturated carbocycles. The maximum absolute atomic E-state index is 12.7. The molecule has 1 aromatic rings. The predicted molar refractivity (Wildman–Crippen MR) is 102 cm³/mol. The summed E-state index contributed by atoms with van der Waals surface area (Å²) < 4.78 is 5.27. The molecule has 2 rings (SSSR count). The fraction of sp³-hybridized carbons (Fsp3) is 0.550. The van der Waals surface area contributed by atoms with Gasteiger partial charge in [0.2, 0.25) is 17.7 Å². The first-order chi connectivity index (χ1) is 13.1. The summed E-state index contributed by atoms with van der Waals surface area (Å²) >= 11 is 0. The molecule has 7 heteroatoms. The smallest absolute Gasteiger partial charge is 0.242 e. The second-order valence-electron chi connectivity index (χ2n) is 6.61. The van der Waals surface area contributed by atoms with Gasteiger partial charge in [-0.15, -0.1) is 0 Å². The number of morpholine rings is 1. The van der Waals surface area contributed by atoms with Crippen LogP contribution in [0.5, 0.6) is 0 Å². The van der Waals surface area contributed by atoms with E-state index in [1.165, 1.54) is 4.90 Å². The van der Waals surface area contributed by atoms with Crippen molar-refractivity contribution in [3.05, 3.63) is 35.9 Å². The molecule has 1 fully saturated rings. The highest BCUT2D eigenvalue weighted by Gasteiger charge is 2.23. The first-order valence-electron chi connectivity index (χ1n) is 9.54. The molecule has 0 bridgehead atoms. The molecule has 148 valence electrons. The Hall–Kier alpha value is -2.41. The van der Waals surface area contributed by atoms with E-state index in [0.29, 0.717) is 39.3 Å². The highest BCUT2D eigenvalue weighted by Crippen LogP contribution is 2.07. The van der Waals surface area contributed by atoms with E-state index < -0.39 is 0 Å². The molecule has 1 aliphatic heterocycles. The number of amides is 3. The van der Waals surface area contributed by atoms with Crippen LogP contribution >= 0.6 is 0 Å². The van der Waals surface area contributed by atoms with Crippen molar-refractivity contribution in [2.24, 2.45) is 0 Å². The van der Waals surface area contributed by atoms with Gasteiger partial charge >= 0.3 is 0 Å². The normalized spacial score (nSPS) is 13.9. The van der Waals surface area contributed by atoms with Crippen molar-refractivity contribution < 1.29 is 19.1 Å². The highest BCUT2D eigenvalue weighted by molar-refractivity contribution is 5.88. The number of ether oxygens (including phenoxy) is 1. The van der Waals surface area contributed by atoms with Crippen molar-refractivity contribution in [2.75, 3.05) is 39.4 Å². The topological polar surface area (TPSA) is 79.0 Å². The van der Waals surface area contributed by atoms with Gasteiger partial charge in [0.05, 0.1) is 19.8 Å². The average molecular weight is 375 g/mol. The van der Waals surface area contributed by atoms with E-state index in [1.54, 1.807) is 4.90 Å². The van der Waals surface area contributed by atoms with Crippen LogP contribution in [0.3, 0.4) is 0 Å². The summed E-state index contributed by atoms with van der Waals surface area (Å²) in [5, 5.41) is 2.66. The van der Waals surface area contributed by atoms with Gasteiger partial charge in [0.15, 0.2) is 0 Å². The molecule has 1 aromatic carbocycles. The Morgan fingerprint density at radius 3 is 2.52 bits per heavy atom. The molecule has 0 radical (unpaired) electrons. The number of hydrogen-bond acceptors (Lipinski definition) is 4. The third-order valence-corrected chi connectivity index (χ3v) is 4.45. The van der Waals surface area contributed by atoms with Crippen LogP contribution < -0.4 is 5.32 Å². The zero-order valence-corrected chi connectivity index (χ0v) is 16.0. The monoisotopic (exact) mass is 375 g/mol. The fourth-order valence-corrected chi connectivity index (χ4v) is 2.82. The van der Waals surface area contributed by atoms with E-state index in [-0.39, 0.29) is 30.8 Å². The molecular formula is C20H29N3O4. The van der Waals surface area contributed by atoms with Gasteiger partial charge in [-0.1, -0.05) is 43.7 Å². The van der Waals surface area contributed by atoms with Crippen LogP contribution in [0.1, 0.15) is 31.7 Å². The van der Waals surface area contributed by atoms with Gasteiger partial charge in [-0.3, -0.25) is 14.4 Å². The highest BCUT2D eigenvalue weighted by atomic mass is 16.5. The van der Waals surface area contributed by atoms with Crippen LogP contribution in [0, 0.1) is 0 Å². The van der Waals surface area contributed by atoms with Gasteiger partial charge in [0.1, 0.15) is 6.54 Å². The molecule has 7 nitrogen and oxygen atoms in total. The van der Waals surface area contributed by atoms with Gasteiger partial charge in [0.25, 0.3) is 0 Å². The molecule has 0 aliphatic carbocycles. The van der Waals surface area contributed by atoms with Gasteiger partial charge in [-0.25, -0.2) is 0 Å². The second-order valence-corrected chi connectivity index (χ2v) is 6.61. The van der Waals surface area contributed by atoms with Crippen LogP contribution in [-0.4, -0.2) is 66.9 Å². The summed E-state index contributed by atoms with van der Waals surface area (Å²) in [6.07, 6.45) is 2.13. The largest absolute Gasteiger partial charge is 0.378 e. The first kappa shape index (κ1) is 20.9. The lowest BCUT2D eigenvalue weighted by Crippen LogP contribution is -2.48. The zero-order chi connectivity index (χ0) is 19.5. The number of benzene rings is 1. The number of carbonyl (C=O) groups excluding carboxylic acids is 3. The minimum atomic E-state index is -0.259. The maximum atomic E-state index is 12.7. The molecule has 0 unspecified atom stereocenters. The van der Waals surface area contributed by atoms with E-state index in [4.69, 9.17) is 4.74 Å². The minimum absolute atomic E-state index is 0.00143. The van der Waals surface area contributed by atoms with Gasteiger partial charge in [-0.05, 0) is 12.0 Å². The number of carbonyl (C=O) groups is 3. The molecule has 27 heavy (non-hydrogen) atoms. The lowest BCUT2D eigenvalue weighted by molar-refractivity contribution is -0.143. The molecule has 0 spiro atoms. The fourth-order valence-electron chi connectivity index (χ4n) is 2.82. The van der Waals surface area contributed by atoms with E-state index >= 15 is 0 Å². The Bertz CT molecular complexity index is 615. The van der Waals surface area contributed by atoms with Crippen LogP contribution in [-0.2, 0) is 25.7 Å². The van der Waals surface area contributed by atoms with Crippen molar-refractivity contribution in [3.8, 4) is 0 Å². The van der Waals surface area contributed by atoms with Crippen molar-refractivity contribution in [1.29, 1.82) is 0 Å². The molecule has 1 aliphatic rings. The molecule has 1 heterocycles. The number of hydrogen-bond donors (Lipinski definition) is 1. The third-order valence-electron chi connectivity index (χ3n) is 4.45. The Labute approximate surface area is 160 Å². The second kappa shape index (κ2) is 11.3. The standard InChI is InChI=1S/C20H29N3O4/c1-2-3-9-18(24)21-14-19(25)23(15-17-7-5-4-6-8-17)16-20(26)22-10-12-27-13-11-22/h4-8H,2-3,9-16H2,1H3,(H,21,24). The van der Waals surface area contributed by atoms with E-state index in [9.17, 15) is 14.4 Å². The van der Waals surface area contributed by atoms with Crippen LogP contribution in [0.25, 0.3) is 0 Å². The quantitative estimate of drug-likeness (QED) is 0.703. The van der Waals surface area contributed by atoms with Crippen LogP contribution in [0.15, 0.2) is 30.3 Å². The molecular weight excluding hydrogens is 346 g/mol. The Kier molecular flexibility index (Phi) is 8.77. The maximum Gasteiger partial charge on any atom is 0.242 e. The lowest BCUT2D eigenvalue weighted by atomic mass is 10.2. The van der Waals surface area contributed by atoms with E-state index in [2.05, 4.69) is 5.32 Å². The average Bonchev–Trinajstić information content (AvgIpc) is 2.71. The number of rotatable bonds is 9. The van der Waals surface area contributed by atoms with Crippen molar-refractivity contribution in [1.82, 2.24) is 15.1 Å². The summed E-state index contributed by atoms with van der Waals surface area (Å²) in [5.74, 6) is -0.491. The summed E-state index contributed by atoms with van der Waals surface area (Å²) in [6.45, 7) is 4.37. The first-order valence-corrected chi connectivity index (χ1v) is 9.54.